The average molecular weight is 400 g/mol. The first kappa shape index (κ1) is 17.7. The van der Waals surface area contributed by atoms with Crippen LogP contribution in [0.5, 0.6) is 5.75 Å². The molecule has 7 nitrogen and oxygen atoms in total. The van der Waals surface area contributed by atoms with Crippen molar-refractivity contribution in [1.29, 1.82) is 0 Å². The molecule has 4 rings (SSSR count). The fraction of sp³-hybridized carbons (Fsp3) is 0.222. The molecule has 4 aromatic rings. The zero-order valence-electron chi connectivity index (χ0n) is 15.0. The number of aromatic nitrogens is 4. The van der Waals surface area contributed by atoms with Crippen molar-refractivity contribution in [3.63, 3.8) is 0 Å². The van der Waals surface area contributed by atoms with Gasteiger partial charge in [-0.2, -0.15) is 4.98 Å². The van der Waals surface area contributed by atoms with Crippen molar-refractivity contribution in [3.8, 4) is 17.1 Å². The topological polar surface area (TPSA) is 100.0 Å². The molecule has 0 spiro atoms. The molecule has 27 heavy (non-hydrogen) atoms. The molecule has 0 unspecified atom stereocenters. The van der Waals surface area contributed by atoms with Crippen LogP contribution in [0.25, 0.3) is 21.6 Å². The van der Waals surface area contributed by atoms with Crippen molar-refractivity contribution in [2.24, 2.45) is 0 Å². The van der Waals surface area contributed by atoms with E-state index < -0.39 is 0 Å². The minimum absolute atomic E-state index is 0.464. The van der Waals surface area contributed by atoms with Gasteiger partial charge in [-0.25, -0.2) is 9.97 Å². The van der Waals surface area contributed by atoms with Crippen molar-refractivity contribution in [3.05, 3.63) is 40.6 Å². The highest BCUT2D eigenvalue weighted by molar-refractivity contribution is 7.98. The number of benzene rings is 1. The van der Waals surface area contributed by atoms with Gasteiger partial charge in [0.05, 0.1) is 18.2 Å². The Bertz CT molecular complexity index is 1120. The molecule has 0 radical (unpaired) electrons. The molecule has 0 saturated heterocycles. The highest BCUT2D eigenvalue weighted by atomic mass is 32.2. The predicted octanol–water partition coefficient (Wildman–Crippen LogP) is 4.24. The summed E-state index contributed by atoms with van der Waals surface area (Å²) >= 11 is 3.04. The second-order valence-electron chi connectivity index (χ2n) is 5.89. The van der Waals surface area contributed by atoms with E-state index in [1.165, 1.54) is 16.6 Å². The Morgan fingerprint density at radius 2 is 2.07 bits per heavy atom. The number of thioether (sulfide) groups is 1. The number of aryl methyl sites for hydroxylation is 2. The van der Waals surface area contributed by atoms with Crippen LogP contribution in [0.2, 0.25) is 0 Å². The summed E-state index contributed by atoms with van der Waals surface area (Å²) in [5.74, 6) is 2.73. The molecule has 9 heteroatoms. The normalized spacial score (nSPS) is 11.2. The maximum atomic E-state index is 6.13. The molecular formula is C18H17N5O2S2. The van der Waals surface area contributed by atoms with E-state index in [9.17, 15) is 0 Å². The molecule has 1 aromatic carbocycles. The number of hydrogen-bond donors (Lipinski definition) is 1. The number of nitrogens with two attached hydrogens (primary N) is 1. The number of hydrogen-bond acceptors (Lipinski definition) is 9. The molecule has 3 aromatic heterocycles. The lowest BCUT2D eigenvalue weighted by atomic mass is 10.2. The molecule has 138 valence electrons. The summed E-state index contributed by atoms with van der Waals surface area (Å²) in [5.41, 5.74) is 8.10. The summed E-state index contributed by atoms with van der Waals surface area (Å²) in [4.78, 5) is 15.6. The van der Waals surface area contributed by atoms with E-state index in [0.29, 0.717) is 28.4 Å². The van der Waals surface area contributed by atoms with Crippen molar-refractivity contribution in [1.82, 2.24) is 20.1 Å². The van der Waals surface area contributed by atoms with Crippen LogP contribution in [-0.2, 0) is 5.75 Å². The van der Waals surface area contributed by atoms with Crippen LogP contribution >= 0.6 is 23.1 Å². The lowest BCUT2D eigenvalue weighted by molar-refractivity contribution is 0.391. The summed E-state index contributed by atoms with van der Waals surface area (Å²) in [6.45, 7) is 4.10. The second kappa shape index (κ2) is 7.16. The minimum Gasteiger partial charge on any atom is -0.497 e. The van der Waals surface area contributed by atoms with Crippen LogP contribution in [0.4, 0.5) is 5.82 Å². The number of anilines is 1. The van der Waals surface area contributed by atoms with Gasteiger partial charge in [0.2, 0.25) is 11.7 Å². The molecule has 0 aliphatic heterocycles. The summed E-state index contributed by atoms with van der Waals surface area (Å²) in [5, 5.41) is 5.58. The van der Waals surface area contributed by atoms with Crippen molar-refractivity contribution < 1.29 is 9.26 Å². The quantitative estimate of drug-likeness (QED) is 0.393. The van der Waals surface area contributed by atoms with E-state index >= 15 is 0 Å². The van der Waals surface area contributed by atoms with Gasteiger partial charge in [-0.3, -0.25) is 0 Å². The number of nitrogen functional groups attached to an aromatic ring is 1. The minimum atomic E-state index is 0.464. The molecule has 0 aliphatic rings. The van der Waals surface area contributed by atoms with Crippen LogP contribution in [0.1, 0.15) is 16.3 Å². The maximum absolute atomic E-state index is 6.13. The summed E-state index contributed by atoms with van der Waals surface area (Å²) in [6.07, 6.45) is 0. The number of thiophene rings is 1. The monoisotopic (exact) mass is 399 g/mol. The van der Waals surface area contributed by atoms with E-state index in [1.807, 2.05) is 31.2 Å². The van der Waals surface area contributed by atoms with E-state index in [1.54, 1.807) is 18.4 Å². The molecule has 0 fully saturated rings. The molecule has 0 atom stereocenters. The Balaban J connectivity index is 1.52. The Hall–Kier alpha value is -2.65. The van der Waals surface area contributed by atoms with E-state index in [-0.39, 0.29) is 0 Å². The Morgan fingerprint density at radius 3 is 2.89 bits per heavy atom. The SMILES string of the molecule is COc1cccc(-c2noc(CSc3nc(N)c4c(C)c(C)sc4n3)n2)c1. The van der Waals surface area contributed by atoms with Gasteiger partial charge in [0, 0.05) is 10.4 Å². The number of fused-ring (bicyclic) bond motifs is 1. The Labute approximate surface area is 164 Å². The van der Waals surface area contributed by atoms with Crippen molar-refractivity contribution in [2.45, 2.75) is 24.8 Å². The zero-order chi connectivity index (χ0) is 19.0. The molecular weight excluding hydrogens is 382 g/mol. The van der Waals surface area contributed by atoms with Crippen LogP contribution in [0.3, 0.4) is 0 Å². The van der Waals surface area contributed by atoms with E-state index in [2.05, 4.69) is 27.0 Å². The molecule has 3 heterocycles. The van der Waals surface area contributed by atoms with Gasteiger partial charge in [0.25, 0.3) is 0 Å². The van der Waals surface area contributed by atoms with E-state index in [0.717, 1.165) is 27.1 Å². The number of nitrogens with zero attached hydrogens (tertiary/aromatic N) is 4. The summed E-state index contributed by atoms with van der Waals surface area (Å²) in [6, 6.07) is 7.52. The van der Waals surface area contributed by atoms with Crippen LogP contribution < -0.4 is 10.5 Å². The van der Waals surface area contributed by atoms with Crippen molar-refractivity contribution >= 4 is 39.1 Å². The highest BCUT2D eigenvalue weighted by Crippen LogP contribution is 2.34. The van der Waals surface area contributed by atoms with Gasteiger partial charge in [-0.05, 0) is 31.5 Å². The third kappa shape index (κ3) is 3.47. The van der Waals surface area contributed by atoms with E-state index in [4.69, 9.17) is 15.0 Å². The van der Waals surface area contributed by atoms with Gasteiger partial charge in [-0.15, -0.1) is 11.3 Å². The number of rotatable bonds is 5. The van der Waals surface area contributed by atoms with Gasteiger partial charge in [0.15, 0.2) is 5.16 Å². The van der Waals surface area contributed by atoms with Gasteiger partial charge in [0.1, 0.15) is 16.4 Å². The molecule has 0 bridgehead atoms. The fourth-order valence-corrected chi connectivity index (χ4v) is 4.43. The zero-order valence-corrected chi connectivity index (χ0v) is 16.6. The van der Waals surface area contributed by atoms with Gasteiger partial charge in [-0.1, -0.05) is 29.1 Å². The second-order valence-corrected chi connectivity index (χ2v) is 8.03. The van der Waals surface area contributed by atoms with Crippen LogP contribution in [0, 0.1) is 13.8 Å². The molecule has 0 aliphatic carbocycles. The van der Waals surface area contributed by atoms with Crippen molar-refractivity contribution in [2.75, 3.05) is 12.8 Å². The smallest absolute Gasteiger partial charge is 0.237 e. The number of ether oxygens (including phenoxy) is 1. The standard InChI is InChI=1S/C18H17N5O2S2/c1-9-10(2)27-17-14(9)15(19)21-18(22-17)26-8-13-20-16(23-25-13)11-5-4-6-12(7-11)24-3/h4-7H,8H2,1-3H3,(H2,19,21,22). The first-order valence-corrected chi connectivity index (χ1v) is 9.98. The van der Waals surface area contributed by atoms with Gasteiger partial charge < -0.3 is 15.0 Å². The Kier molecular flexibility index (Phi) is 4.71. The molecule has 2 N–H and O–H groups in total. The lowest BCUT2D eigenvalue weighted by Gasteiger charge is -2.01. The maximum Gasteiger partial charge on any atom is 0.237 e. The summed E-state index contributed by atoms with van der Waals surface area (Å²) < 4.78 is 10.6. The van der Waals surface area contributed by atoms with Crippen LogP contribution in [0.15, 0.2) is 33.9 Å². The Morgan fingerprint density at radius 1 is 1.22 bits per heavy atom. The largest absolute Gasteiger partial charge is 0.497 e. The molecule has 0 saturated carbocycles. The summed E-state index contributed by atoms with van der Waals surface area (Å²) in [7, 11) is 1.62. The van der Waals surface area contributed by atoms with Gasteiger partial charge >= 0.3 is 0 Å². The lowest BCUT2D eigenvalue weighted by Crippen LogP contribution is -1.96. The number of methoxy groups -OCH3 is 1. The third-order valence-corrected chi connectivity index (χ3v) is 6.09. The predicted molar refractivity (Wildman–Crippen MR) is 107 cm³/mol. The average Bonchev–Trinajstić information content (AvgIpc) is 3.25. The third-order valence-electron chi connectivity index (χ3n) is 4.16. The van der Waals surface area contributed by atoms with Crippen LogP contribution in [-0.4, -0.2) is 27.2 Å². The molecule has 0 amide bonds. The first-order valence-electron chi connectivity index (χ1n) is 8.18. The fourth-order valence-electron chi connectivity index (χ4n) is 2.64. The first-order chi connectivity index (χ1) is 13.0. The highest BCUT2D eigenvalue weighted by Gasteiger charge is 2.15.